The molecule has 0 aliphatic carbocycles. The Labute approximate surface area is 95.8 Å². The van der Waals surface area contributed by atoms with Crippen LogP contribution in [0.1, 0.15) is 16.3 Å². The normalized spacial score (nSPS) is 9.69. The summed E-state index contributed by atoms with van der Waals surface area (Å²) in [4.78, 5) is 4.13. The predicted octanol–water partition coefficient (Wildman–Crippen LogP) is 3.13. The Kier molecular flexibility index (Phi) is 2.97. The number of nitrogens with zero attached hydrogens (tertiary/aromatic N) is 1. The molecule has 0 spiro atoms. The lowest BCUT2D eigenvalue weighted by Crippen LogP contribution is -1.83. The van der Waals surface area contributed by atoms with Gasteiger partial charge in [0.2, 0.25) is 0 Å². The van der Waals surface area contributed by atoms with Gasteiger partial charge < -0.3 is 0 Å². The third-order valence-electron chi connectivity index (χ3n) is 1.82. The molecule has 0 saturated carbocycles. The van der Waals surface area contributed by atoms with Crippen LogP contribution in [-0.4, -0.2) is 4.98 Å². The highest BCUT2D eigenvalue weighted by Gasteiger charge is 1.98. The number of rotatable bonds is 0. The van der Waals surface area contributed by atoms with Crippen molar-refractivity contribution in [3.05, 3.63) is 51.5 Å². The molecule has 1 heterocycles. The molecule has 0 bridgehead atoms. The molecule has 1 nitrogen and oxygen atoms in total. The summed E-state index contributed by atoms with van der Waals surface area (Å²) in [5, 5.41) is 2.72. The fourth-order valence-corrected chi connectivity index (χ4v) is 1.73. The molecule has 1 aromatic carbocycles. The van der Waals surface area contributed by atoms with Gasteiger partial charge >= 0.3 is 0 Å². The van der Waals surface area contributed by atoms with Crippen molar-refractivity contribution in [2.24, 2.45) is 0 Å². The van der Waals surface area contributed by atoms with Crippen LogP contribution in [0.3, 0.4) is 0 Å². The number of hydrogen-bond acceptors (Lipinski definition) is 2. The largest absolute Gasteiger partial charge is 0.233 e. The number of halogens is 2. The first-order chi connectivity index (χ1) is 7.63. The maximum absolute atomic E-state index is 12.8. The number of aromatic nitrogens is 1. The smallest absolute Gasteiger partial charge is 0.127 e. The third kappa shape index (κ3) is 2.65. The SMILES string of the molecule is Cc1nc(C#Cc2cc(F)cc(F)c2)cs1. The van der Waals surface area contributed by atoms with Crippen LogP contribution in [0.15, 0.2) is 23.6 Å². The minimum atomic E-state index is -0.626. The van der Waals surface area contributed by atoms with E-state index in [1.165, 1.54) is 23.5 Å². The molecule has 0 fully saturated rings. The average molecular weight is 235 g/mol. The van der Waals surface area contributed by atoms with Gasteiger partial charge in [0.25, 0.3) is 0 Å². The van der Waals surface area contributed by atoms with Crippen LogP contribution in [-0.2, 0) is 0 Å². The van der Waals surface area contributed by atoms with Crippen molar-refractivity contribution in [2.45, 2.75) is 6.92 Å². The first kappa shape index (κ1) is 10.8. The number of hydrogen-bond donors (Lipinski definition) is 0. The van der Waals surface area contributed by atoms with Crippen LogP contribution >= 0.6 is 11.3 Å². The zero-order valence-corrected chi connectivity index (χ0v) is 9.24. The maximum atomic E-state index is 12.8. The summed E-state index contributed by atoms with van der Waals surface area (Å²) in [6.45, 7) is 1.87. The summed E-state index contributed by atoms with van der Waals surface area (Å²) in [5.41, 5.74) is 0.926. The van der Waals surface area contributed by atoms with E-state index in [1.807, 2.05) is 6.92 Å². The van der Waals surface area contributed by atoms with Gasteiger partial charge in [-0.3, -0.25) is 0 Å². The van der Waals surface area contributed by atoms with Gasteiger partial charge in [0, 0.05) is 17.0 Å². The summed E-state index contributed by atoms with van der Waals surface area (Å²) in [6, 6.07) is 3.20. The van der Waals surface area contributed by atoms with E-state index in [9.17, 15) is 8.78 Å². The Morgan fingerprint density at radius 1 is 1.12 bits per heavy atom. The Balaban J connectivity index is 2.30. The molecule has 0 amide bonds. The summed E-state index contributed by atoms with van der Waals surface area (Å²) < 4.78 is 25.7. The van der Waals surface area contributed by atoms with Crippen LogP contribution in [0, 0.1) is 30.4 Å². The molecule has 0 aliphatic rings. The molecule has 0 saturated heterocycles. The fourth-order valence-electron chi connectivity index (χ4n) is 1.18. The minimum Gasteiger partial charge on any atom is -0.233 e. The lowest BCUT2D eigenvalue weighted by atomic mass is 10.2. The molecule has 2 rings (SSSR count). The second-order valence-electron chi connectivity index (χ2n) is 3.16. The molecule has 0 atom stereocenters. The average Bonchev–Trinajstić information content (AvgIpc) is 2.60. The lowest BCUT2D eigenvalue weighted by Gasteiger charge is -1.91. The molecule has 0 unspecified atom stereocenters. The predicted molar refractivity (Wildman–Crippen MR) is 59.2 cm³/mol. The van der Waals surface area contributed by atoms with E-state index >= 15 is 0 Å². The second kappa shape index (κ2) is 4.42. The van der Waals surface area contributed by atoms with Crippen molar-refractivity contribution >= 4 is 11.3 Å². The number of thiazole rings is 1. The van der Waals surface area contributed by atoms with Crippen molar-refractivity contribution in [1.29, 1.82) is 0 Å². The van der Waals surface area contributed by atoms with E-state index in [-0.39, 0.29) is 0 Å². The van der Waals surface area contributed by atoms with E-state index in [0.717, 1.165) is 11.1 Å². The molecule has 0 radical (unpaired) electrons. The first-order valence-corrected chi connectivity index (χ1v) is 5.42. The molecule has 1 aromatic heterocycles. The van der Waals surface area contributed by atoms with Gasteiger partial charge in [-0.15, -0.1) is 11.3 Å². The van der Waals surface area contributed by atoms with E-state index in [1.54, 1.807) is 5.38 Å². The Morgan fingerprint density at radius 2 is 1.81 bits per heavy atom. The zero-order valence-electron chi connectivity index (χ0n) is 8.42. The van der Waals surface area contributed by atoms with Crippen LogP contribution in [0.2, 0.25) is 0 Å². The third-order valence-corrected chi connectivity index (χ3v) is 2.59. The molecule has 2 aromatic rings. The van der Waals surface area contributed by atoms with E-state index in [2.05, 4.69) is 16.8 Å². The molecular formula is C12H7F2NS. The summed E-state index contributed by atoms with van der Waals surface area (Å²) in [7, 11) is 0. The van der Waals surface area contributed by atoms with Gasteiger partial charge in [-0.25, -0.2) is 13.8 Å². The monoisotopic (exact) mass is 235 g/mol. The minimum absolute atomic E-state index is 0.308. The fraction of sp³-hybridized carbons (Fsp3) is 0.0833. The Morgan fingerprint density at radius 3 is 2.38 bits per heavy atom. The number of benzene rings is 1. The van der Waals surface area contributed by atoms with E-state index < -0.39 is 11.6 Å². The molecular weight excluding hydrogens is 228 g/mol. The molecule has 0 N–H and O–H groups in total. The Hall–Kier alpha value is -1.73. The molecule has 80 valence electrons. The van der Waals surface area contributed by atoms with Gasteiger partial charge in [-0.1, -0.05) is 5.92 Å². The maximum Gasteiger partial charge on any atom is 0.127 e. The van der Waals surface area contributed by atoms with Crippen LogP contribution in [0.4, 0.5) is 8.78 Å². The van der Waals surface area contributed by atoms with Crippen LogP contribution in [0.5, 0.6) is 0 Å². The zero-order chi connectivity index (χ0) is 11.5. The van der Waals surface area contributed by atoms with Gasteiger partial charge in [-0.2, -0.15) is 0 Å². The summed E-state index contributed by atoms with van der Waals surface area (Å²) in [5.74, 6) is 4.17. The lowest BCUT2D eigenvalue weighted by molar-refractivity contribution is 0.582. The topological polar surface area (TPSA) is 12.9 Å². The van der Waals surface area contributed by atoms with Gasteiger partial charge in [-0.05, 0) is 25.0 Å². The van der Waals surface area contributed by atoms with Gasteiger partial charge in [0.05, 0.1) is 5.01 Å². The van der Waals surface area contributed by atoms with Gasteiger partial charge in [0.15, 0.2) is 0 Å². The van der Waals surface area contributed by atoms with E-state index in [4.69, 9.17) is 0 Å². The molecule has 4 heteroatoms. The first-order valence-electron chi connectivity index (χ1n) is 4.54. The van der Waals surface area contributed by atoms with Crippen LogP contribution < -0.4 is 0 Å². The van der Waals surface area contributed by atoms with Crippen molar-refractivity contribution in [2.75, 3.05) is 0 Å². The molecule has 0 aliphatic heterocycles. The number of aryl methyl sites for hydroxylation is 1. The highest BCUT2D eigenvalue weighted by molar-refractivity contribution is 7.09. The second-order valence-corrected chi connectivity index (χ2v) is 4.22. The highest BCUT2D eigenvalue weighted by Crippen LogP contribution is 2.08. The van der Waals surface area contributed by atoms with E-state index in [0.29, 0.717) is 11.3 Å². The molecule has 16 heavy (non-hydrogen) atoms. The van der Waals surface area contributed by atoms with Crippen molar-refractivity contribution in [3.8, 4) is 11.8 Å². The van der Waals surface area contributed by atoms with Crippen LogP contribution in [0.25, 0.3) is 0 Å². The van der Waals surface area contributed by atoms with Crippen molar-refractivity contribution in [3.63, 3.8) is 0 Å². The quantitative estimate of drug-likeness (QED) is 0.639. The summed E-state index contributed by atoms with van der Waals surface area (Å²) in [6.07, 6.45) is 0. The highest BCUT2D eigenvalue weighted by atomic mass is 32.1. The van der Waals surface area contributed by atoms with Crippen molar-refractivity contribution in [1.82, 2.24) is 4.98 Å². The Bertz CT molecular complexity index is 558. The summed E-state index contributed by atoms with van der Waals surface area (Å²) >= 11 is 1.48. The van der Waals surface area contributed by atoms with Gasteiger partial charge in [0.1, 0.15) is 17.3 Å². The van der Waals surface area contributed by atoms with Crippen molar-refractivity contribution < 1.29 is 8.78 Å². The standard InChI is InChI=1S/C12H7F2NS/c1-8-15-12(7-16-8)3-2-9-4-10(13)6-11(14)5-9/h4-7H,1H3.